The SMILES string of the molecule is CCCNC(=O)c1ccc(NC(=O)CC2(CN)CCCCC2)cc1. The van der Waals surface area contributed by atoms with Crippen molar-refractivity contribution < 1.29 is 9.59 Å². The van der Waals surface area contributed by atoms with E-state index in [0.29, 0.717) is 25.1 Å². The molecule has 5 heteroatoms. The highest BCUT2D eigenvalue weighted by molar-refractivity contribution is 5.95. The van der Waals surface area contributed by atoms with E-state index in [4.69, 9.17) is 5.73 Å². The Morgan fingerprint density at radius 2 is 1.79 bits per heavy atom. The molecule has 1 aromatic rings. The molecule has 0 aromatic heterocycles. The van der Waals surface area contributed by atoms with Crippen molar-refractivity contribution in [1.82, 2.24) is 5.32 Å². The Labute approximate surface area is 144 Å². The molecule has 0 radical (unpaired) electrons. The Morgan fingerprint density at radius 1 is 1.12 bits per heavy atom. The number of hydrogen-bond acceptors (Lipinski definition) is 3. The van der Waals surface area contributed by atoms with Crippen LogP contribution in [0.4, 0.5) is 5.69 Å². The largest absolute Gasteiger partial charge is 0.352 e. The van der Waals surface area contributed by atoms with Gasteiger partial charge in [-0.2, -0.15) is 0 Å². The van der Waals surface area contributed by atoms with Crippen LogP contribution in [0.3, 0.4) is 0 Å². The van der Waals surface area contributed by atoms with E-state index in [1.165, 1.54) is 6.42 Å². The number of nitrogens with two attached hydrogens (primary N) is 1. The van der Waals surface area contributed by atoms with Gasteiger partial charge in [-0.05, 0) is 55.5 Å². The molecule has 1 aliphatic carbocycles. The summed E-state index contributed by atoms with van der Waals surface area (Å²) in [5.74, 6) is -0.0791. The molecule has 0 saturated heterocycles. The van der Waals surface area contributed by atoms with Crippen molar-refractivity contribution in [3.05, 3.63) is 29.8 Å². The fourth-order valence-electron chi connectivity index (χ4n) is 3.35. The molecule has 1 aromatic carbocycles. The maximum Gasteiger partial charge on any atom is 0.251 e. The fraction of sp³-hybridized carbons (Fsp3) is 0.579. The maximum atomic E-state index is 12.4. The minimum Gasteiger partial charge on any atom is -0.352 e. The molecule has 5 nitrogen and oxygen atoms in total. The van der Waals surface area contributed by atoms with Gasteiger partial charge in [0.2, 0.25) is 5.91 Å². The van der Waals surface area contributed by atoms with Crippen LogP contribution in [0, 0.1) is 5.41 Å². The van der Waals surface area contributed by atoms with Gasteiger partial charge in [0.05, 0.1) is 0 Å². The van der Waals surface area contributed by atoms with E-state index in [9.17, 15) is 9.59 Å². The van der Waals surface area contributed by atoms with E-state index < -0.39 is 0 Å². The zero-order valence-electron chi connectivity index (χ0n) is 14.6. The quantitative estimate of drug-likeness (QED) is 0.718. The molecule has 0 bridgehead atoms. The molecule has 0 aliphatic heterocycles. The highest BCUT2D eigenvalue weighted by atomic mass is 16.2. The molecule has 2 amide bonds. The lowest BCUT2D eigenvalue weighted by molar-refractivity contribution is -0.118. The summed E-state index contributed by atoms with van der Waals surface area (Å²) in [6, 6.07) is 7.02. The number of carbonyl (C=O) groups excluding carboxylic acids is 2. The van der Waals surface area contributed by atoms with Gasteiger partial charge in [-0.25, -0.2) is 0 Å². The van der Waals surface area contributed by atoms with Crippen molar-refractivity contribution in [2.24, 2.45) is 11.1 Å². The van der Waals surface area contributed by atoms with E-state index in [-0.39, 0.29) is 17.2 Å². The molecule has 24 heavy (non-hydrogen) atoms. The third-order valence-electron chi connectivity index (χ3n) is 4.85. The Kier molecular flexibility index (Phi) is 6.79. The van der Waals surface area contributed by atoms with E-state index >= 15 is 0 Å². The smallest absolute Gasteiger partial charge is 0.251 e. The number of hydrogen-bond donors (Lipinski definition) is 3. The van der Waals surface area contributed by atoms with Crippen LogP contribution in [0.1, 0.15) is 62.2 Å². The first-order valence-corrected chi connectivity index (χ1v) is 8.97. The Morgan fingerprint density at radius 3 is 2.38 bits per heavy atom. The number of rotatable bonds is 7. The average Bonchev–Trinajstić information content (AvgIpc) is 2.61. The van der Waals surface area contributed by atoms with Crippen molar-refractivity contribution in [3.63, 3.8) is 0 Å². The van der Waals surface area contributed by atoms with Crippen molar-refractivity contribution in [2.75, 3.05) is 18.4 Å². The molecule has 0 unspecified atom stereocenters. The molecule has 132 valence electrons. The first-order chi connectivity index (χ1) is 11.6. The second kappa shape index (κ2) is 8.83. The van der Waals surface area contributed by atoms with Gasteiger partial charge in [0.25, 0.3) is 5.91 Å². The van der Waals surface area contributed by atoms with E-state index in [2.05, 4.69) is 10.6 Å². The van der Waals surface area contributed by atoms with Crippen LogP contribution in [0.25, 0.3) is 0 Å². The van der Waals surface area contributed by atoms with Gasteiger partial charge in [-0.15, -0.1) is 0 Å². The lowest BCUT2D eigenvalue weighted by Gasteiger charge is -2.35. The Bertz CT molecular complexity index is 548. The standard InChI is InChI=1S/C19H29N3O2/c1-2-12-21-18(24)15-6-8-16(9-7-15)22-17(23)13-19(14-20)10-4-3-5-11-19/h6-9H,2-5,10-14,20H2,1H3,(H,21,24)(H,22,23). The lowest BCUT2D eigenvalue weighted by Crippen LogP contribution is -2.36. The van der Waals surface area contributed by atoms with E-state index in [1.54, 1.807) is 24.3 Å². The van der Waals surface area contributed by atoms with Crippen molar-refractivity contribution in [3.8, 4) is 0 Å². The van der Waals surface area contributed by atoms with Gasteiger partial charge in [0, 0.05) is 24.2 Å². The van der Waals surface area contributed by atoms with Crippen LogP contribution in [-0.2, 0) is 4.79 Å². The highest BCUT2D eigenvalue weighted by Crippen LogP contribution is 2.38. The number of nitrogens with one attached hydrogen (secondary N) is 2. The van der Waals surface area contributed by atoms with E-state index in [1.807, 2.05) is 6.92 Å². The molecular formula is C19H29N3O2. The number of benzene rings is 1. The summed E-state index contributed by atoms with van der Waals surface area (Å²) in [5, 5.41) is 5.77. The molecule has 2 rings (SSSR count). The summed E-state index contributed by atoms with van der Waals surface area (Å²) in [5.41, 5.74) is 7.23. The van der Waals surface area contributed by atoms with Crippen molar-refractivity contribution >= 4 is 17.5 Å². The fourth-order valence-corrected chi connectivity index (χ4v) is 3.35. The zero-order valence-corrected chi connectivity index (χ0v) is 14.6. The lowest BCUT2D eigenvalue weighted by atomic mass is 9.71. The predicted octanol–water partition coefficient (Wildman–Crippen LogP) is 3.06. The molecule has 1 fully saturated rings. The first kappa shape index (κ1) is 18.5. The Hall–Kier alpha value is -1.88. The van der Waals surface area contributed by atoms with Gasteiger partial charge in [0.15, 0.2) is 0 Å². The van der Waals surface area contributed by atoms with Crippen molar-refractivity contribution in [1.29, 1.82) is 0 Å². The van der Waals surface area contributed by atoms with Gasteiger partial charge in [-0.1, -0.05) is 26.2 Å². The second-order valence-corrected chi connectivity index (χ2v) is 6.82. The third kappa shape index (κ3) is 5.06. The summed E-state index contributed by atoms with van der Waals surface area (Å²) >= 11 is 0. The molecule has 1 saturated carbocycles. The molecule has 0 heterocycles. The predicted molar refractivity (Wildman–Crippen MR) is 96.9 cm³/mol. The van der Waals surface area contributed by atoms with Crippen LogP contribution in [-0.4, -0.2) is 24.9 Å². The van der Waals surface area contributed by atoms with Gasteiger partial charge in [-0.3, -0.25) is 9.59 Å². The summed E-state index contributed by atoms with van der Waals surface area (Å²) in [6.45, 7) is 3.24. The van der Waals surface area contributed by atoms with Gasteiger partial charge < -0.3 is 16.4 Å². The molecule has 0 spiro atoms. The van der Waals surface area contributed by atoms with E-state index in [0.717, 1.165) is 37.8 Å². The molecule has 0 atom stereocenters. The van der Waals surface area contributed by atoms with Crippen LogP contribution in [0.5, 0.6) is 0 Å². The number of amides is 2. The maximum absolute atomic E-state index is 12.4. The van der Waals surface area contributed by atoms with Crippen molar-refractivity contribution in [2.45, 2.75) is 51.9 Å². The third-order valence-corrected chi connectivity index (χ3v) is 4.85. The highest BCUT2D eigenvalue weighted by Gasteiger charge is 2.32. The molecule has 4 N–H and O–H groups in total. The number of carbonyl (C=O) groups is 2. The van der Waals surface area contributed by atoms with Crippen LogP contribution in [0.15, 0.2) is 24.3 Å². The number of anilines is 1. The zero-order chi connectivity index (χ0) is 17.4. The summed E-state index contributed by atoms with van der Waals surface area (Å²) in [7, 11) is 0. The summed E-state index contributed by atoms with van der Waals surface area (Å²) in [6.07, 6.45) is 7.01. The molecule has 1 aliphatic rings. The van der Waals surface area contributed by atoms with Crippen LogP contribution >= 0.6 is 0 Å². The Balaban J connectivity index is 1.90. The second-order valence-electron chi connectivity index (χ2n) is 6.82. The average molecular weight is 331 g/mol. The first-order valence-electron chi connectivity index (χ1n) is 8.97. The van der Waals surface area contributed by atoms with Gasteiger partial charge in [0.1, 0.15) is 0 Å². The minimum absolute atomic E-state index is 0.00512. The topological polar surface area (TPSA) is 84.2 Å². The summed E-state index contributed by atoms with van der Waals surface area (Å²) < 4.78 is 0. The van der Waals surface area contributed by atoms with Crippen LogP contribution in [0.2, 0.25) is 0 Å². The van der Waals surface area contributed by atoms with Gasteiger partial charge >= 0.3 is 0 Å². The van der Waals surface area contributed by atoms with Crippen LogP contribution < -0.4 is 16.4 Å². The monoisotopic (exact) mass is 331 g/mol. The molecular weight excluding hydrogens is 302 g/mol. The normalized spacial score (nSPS) is 16.4. The summed E-state index contributed by atoms with van der Waals surface area (Å²) in [4.78, 5) is 24.2. The minimum atomic E-state index is -0.0842.